The number of carbonyl (C=O) groups is 1. The summed E-state index contributed by atoms with van der Waals surface area (Å²) < 4.78 is 2.05. The Morgan fingerprint density at radius 3 is 3.08 bits per heavy atom. The maximum Gasteiger partial charge on any atom is 0.252 e. The first-order valence-electron chi connectivity index (χ1n) is 7.87. The van der Waals surface area contributed by atoms with Crippen LogP contribution in [0.2, 0.25) is 0 Å². The van der Waals surface area contributed by atoms with Gasteiger partial charge in [0.25, 0.3) is 5.91 Å². The molecule has 1 aliphatic heterocycles. The summed E-state index contributed by atoms with van der Waals surface area (Å²) in [5.74, 6) is -0.0136. The minimum atomic E-state index is -0.0136. The van der Waals surface area contributed by atoms with E-state index in [0.29, 0.717) is 6.54 Å². The van der Waals surface area contributed by atoms with E-state index in [9.17, 15) is 4.79 Å². The molecule has 1 aliphatic rings. The molecule has 0 spiro atoms. The van der Waals surface area contributed by atoms with E-state index >= 15 is 0 Å². The van der Waals surface area contributed by atoms with Gasteiger partial charge in [0.05, 0.1) is 11.7 Å². The topological polar surface area (TPSA) is 50.2 Å². The fourth-order valence-corrected chi connectivity index (χ4v) is 4.45. The van der Waals surface area contributed by atoms with Crippen molar-refractivity contribution in [2.45, 2.75) is 19.1 Å². The first-order valence-corrected chi connectivity index (χ1v) is 9.69. The summed E-state index contributed by atoms with van der Waals surface area (Å²) >= 11 is 3.32. The van der Waals surface area contributed by atoms with Gasteiger partial charge in [-0.3, -0.25) is 14.4 Å². The van der Waals surface area contributed by atoms with Crippen LogP contribution < -0.4 is 5.32 Å². The maximum atomic E-state index is 12.2. The highest BCUT2D eigenvalue weighted by atomic mass is 32.1. The molecule has 1 atom stereocenters. The van der Waals surface area contributed by atoms with Gasteiger partial charge in [-0.2, -0.15) is 16.4 Å². The van der Waals surface area contributed by atoms with Crippen LogP contribution >= 0.6 is 22.7 Å². The summed E-state index contributed by atoms with van der Waals surface area (Å²) in [7, 11) is 0. The van der Waals surface area contributed by atoms with Gasteiger partial charge in [-0.1, -0.05) is 6.07 Å². The van der Waals surface area contributed by atoms with E-state index < -0.39 is 0 Å². The number of hydrogen-bond donors (Lipinski definition) is 1. The second-order valence-electron chi connectivity index (χ2n) is 5.89. The van der Waals surface area contributed by atoms with Gasteiger partial charge in [0.1, 0.15) is 0 Å². The van der Waals surface area contributed by atoms with Crippen LogP contribution in [-0.2, 0) is 13.1 Å². The molecule has 1 N–H and O–H groups in total. The lowest BCUT2D eigenvalue weighted by atomic mass is 10.1. The minimum absolute atomic E-state index is 0.0136. The third-order valence-corrected chi connectivity index (χ3v) is 5.74. The van der Waals surface area contributed by atoms with Crippen molar-refractivity contribution in [3.63, 3.8) is 0 Å². The molecule has 1 amide bonds. The van der Waals surface area contributed by atoms with E-state index in [-0.39, 0.29) is 11.9 Å². The average molecular weight is 358 g/mol. The quantitative estimate of drug-likeness (QED) is 0.763. The van der Waals surface area contributed by atoms with Crippen LogP contribution in [0.4, 0.5) is 0 Å². The Morgan fingerprint density at radius 2 is 2.29 bits per heavy atom. The molecule has 0 bridgehead atoms. The van der Waals surface area contributed by atoms with Gasteiger partial charge in [-0.15, -0.1) is 11.3 Å². The van der Waals surface area contributed by atoms with Gasteiger partial charge in [-0.05, 0) is 29.0 Å². The lowest BCUT2D eigenvalue weighted by molar-refractivity contribution is 0.0933. The molecule has 5 nitrogen and oxygen atoms in total. The van der Waals surface area contributed by atoms with Crippen LogP contribution in [0.5, 0.6) is 0 Å². The molecule has 0 saturated carbocycles. The second-order valence-corrected chi connectivity index (χ2v) is 7.70. The summed E-state index contributed by atoms with van der Waals surface area (Å²) in [6.45, 7) is 3.31. The molecule has 0 aromatic carbocycles. The highest BCUT2D eigenvalue weighted by Crippen LogP contribution is 2.23. The number of hydrogen-bond acceptors (Lipinski definition) is 5. The number of nitrogens with zero attached hydrogens (tertiary/aromatic N) is 3. The van der Waals surface area contributed by atoms with Crippen molar-refractivity contribution in [2.24, 2.45) is 0 Å². The van der Waals surface area contributed by atoms with Crippen LogP contribution in [-0.4, -0.2) is 33.7 Å². The monoisotopic (exact) mass is 358 g/mol. The van der Waals surface area contributed by atoms with Gasteiger partial charge in [0.15, 0.2) is 0 Å². The van der Waals surface area contributed by atoms with Crippen molar-refractivity contribution in [3.8, 4) is 0 Å². The van der Waals surface area contributed by atoms with E-state index in [1.165, 1.54) is 21.9 Å². The van der Waals surface area contributed by atoms with Crippen molar-refractivity contribution >= 4 is 28.6 Å². The lowest BCUT2D eigenvalue weighted by Crippen LogP contribution is -2.42. The summed E-state index contributed by atoms with van der Waals surface area (Å²) in [6, 6.07) is 8.33. The van der Waals surface area contributed by atoms with E-state index in [1.807, 2.05) is 23.0 Å². The fourth-order valence-electron chi connectivity index (χ4n) is 3.07. The first kappa shape index (κ1) is 15.6. The molecule has 124 valence electrons. The van der Waals surface area contributed by atoms with Crippen molar-refractivity contribution in [2.75, 3.05) is 13.1 Å². The summed E-state index contributed by atoms with van der Waals surface area (Å²) in [5.41, 5.74) is 1.93. The molecule has 0 unspecified atom stereocenters. The minimum Gasteiger partial charge on any atom is -0.350 e. The van der Waals surface area contributed by atoms with Crippen molar-refractivity contribution < 1.29 is 4.79 Å². The maximum absolute atomic E-state index is 12.2. The summed E-state index contributed by atoms with van der Waals surface area (Å²) in [4.78, 5) is 16.0. The third kappa shape index (κ3) is 3.28. The molecule has 4 heterocycles. The molecule has 0 saturated heterocycles. The number of thiophene rings is 2. The Balaban J connectivity index is 1.44. The van der Waals surface area contributed by atoms with Crippen molar-refractivity contribution in [1.82, 2.24) is 20.0 Å². The first-order chi connectivity index (χ1) is 11.8. The molecule has 3 aromatic rings. The summed E-state index contributed by atoms with van der Waals surface area (Å²) in [5, 5.41) is 13.4. The normalized spacial score (nSPS) is 17.6. The molecule has 7 heteroatoms. The SMILES string of the molecule is O=C(NC[C@H]1CN(Cc2cccs2)Cc2ccnn21)c1ccsc1. The Kier molecular flexibility index (Phi) is 4.46. The van der Waals surface area contributed by atoms with Crippen LogP contribution in [0.1, 0.15) is 27.0 Å². The number of amides is 1. The van der Waals surface area contributed by atoms with Gasteiger partial charge >= 0.3 is 0 Å². The standard InChI is InChI=1S/C17H18N4OS2/c22-17(13-4-7-23-12-13)18-8-15-10-20(11-16-2-1-6-24-16)9-14-3-5-19-21(14)15/h1-7,12,15H,8-11H2,(H,18,22)/t15-/m0/s1. The zero-order valence-corrected chi connectivity index (χ0v) is 14.7. The molecule has 3 aromatic heterocycles. The molecule has 24 heavy (non-hydrogen) atoms. The van der Waals surface area contributed by atoms with E-state index in [4.69, 9.17) is 0 Å². The number of carbonyl (C=O) groups excluding carboxylic acids is 1. The summed E-state index contributed by atoms with van der Waals surface area (Å²) in [6.07, 6.45) is 1.84. The number of aromatic nitrogens is 2. The van der Waals surface area contributed by atoms with Crippen LogP contribution in [0.15, 0.2) is 46.6 Å². The zero-order chi connectivity index (χ0) is 16.4. The molecule has 0 aliphatic carbocycles. The van der Waals surface area contributed by atoms with E-state index in [1.54, 1.807) is 11.3 Å². The Hall–Kier alpha value is -1.96. The molecule has 4 rings (SSSR count). The van der Waals surface area contributed by atoms with E-state index in [2.05, 4.69) is 43.6 Å². The van der Waals surface area contributed by atoms with E-state index in [0.717, 1.165) is 25.2 Å². The van der Waals surface area contributed by atoms with Gasteiger partial charge in [0, 0.05) is 48.2 Å². The van der Waals surface area contributed by atoms with Crippen LogP contribution in [0.3, 0.4) is 0 Å². The average Bonchev–Trinajstić information content (AvgIpc) is 3.32. The Bertz CT molecular complexity index is 795. The highest BCUT2D eigenvalue weighted by molar-refractivity contribution is 7.09. The smallest absolute Gasteiger partial charge is 0.252 e. The Morgan fingerprint density at radius 1 is 1.33 bits per heavy atom. The van der Waals surface area contributed by atoms with Gasteiger partial charge in [0.2, 0.25) is 0 Å². The third-order valence-electron chi connectivity index (χ3n) is 4.19. The van der Waals surface area contributed by atoms with Crippen molar-refractivity contribution in [3.05, 3.63) is 62.7 Å². The fraction of sp³-hybridized carbons (Fsp3) is 0.294. The van der Waals surface area contributed by atoms with Crippen molar-refractivity contribution in [1.29, 1.82) is 0 Å². The second kappa shape index (κ2) is 6.88. The predicted molar refractivity (Wildman–Crippen MR) is 96.3 cm³/mol. The van der Waals surface area contributed by atoms with Gasteiger partial charge in [-0.25, -0.2) is 0 Å². The molecule has 0 radical (unpaired) electrons. The lowest BCUT2D eigenvalue weighted by Gasteiger charge is -2.33. The predicted octanol–water partition coefficient (Wildman–Crippen LogP) is 2.99. The van der Waals surface area contributed by atoms with Crippen LogP contribution in [0, 0.1) is 0 Å². The number of nitrogens with one attached hydrogen (secondary N) is 1. The number of rotatable bonds is 5. The molecule has 0 fully saturated rings. The molecular weight excluding hydrogens is 340 g/mol. The zero-order valence-electron chi connectivity index (χ0n) is 13.1. The number of fused-ring (bicyclic) bond motifs is 1. The largest absolute Gasteiger partial charge is 0.350 e. The van der Waals surface area contributed by atoms with Crippen LogP contribution in [0.25, 0.3) is 0 Å². The highest BCUT2D eigenvalue weighted by Gasteiger charge is 2.26. The molecular formula is C17H18N4OS2. The van der Waals surface area contributed by atoms with Gasteiger partial charge < -0.3 is 5.32 Å². The Labute approximate surface area is 148 Å².